The SMILES string of the molecule is COC[C@H](C)Nc1cc(F)c(C=O)cc1C(=O)OC. The molecule has 0 aromatic heterocycles. The summed E-state index contributed by atoms with van der Waals surface area (Å²) in [6, 6.07) is 2.13. The zero-order valence-electron chi connectivity index (χ0n) is 11.0. The van der Waals surface area contributed by atoms with Gasteiger partial charge < -0.3 is 14.8 Å². The van der Waals surface area contributed by atoms with Crippen molar-refractivity contribution in [2.45, 2.75) is 13.0 Å². The minimum Gasteiger partial charge on any atom is -0.465 e. The molecule has 19 heavy (non-hydrogen) atoms. The van der Waals surface area contributed by atoms with Gasteiger partial charge in [-0.3, -0.25) is 4.79 Å². The Bertz CT molecular complexity index is 476. The molecule has 1 rings (SSSR count). The summed E-state index contributed by atoms with van der Waals surface area (Å²) in [6.45, 7) is 2.20. The van der Waals surface area contributed by atoms with Crippen LogP contribution in [-0.4, -0.2) is 39.1 Å². The van der Waals surface area contributed by atoms with Crippen molar-refractivity contribution in [1.29, 1.82) is 0 Å². The summed E-state index contributed by atoms with van der Waals surface area (Å²) < 4.78 is 23.1. The van der Waals surface area contributed by atoms with Crippen LogP contribution in [-0.2, 0) is 9.47 Å². The van der Waals surface area contributed by atoms with Gasteiger partial charge in [0.05, 0.1) is 30.5 Å². The number of methoxy groups -OCH3 is 2. The van der Waals surface area contributed by atoms with Gasteiger partial charge >= 0.3 is 5.97 Å². The van der Waals surface area contributed by atoms with E-state index in [1.54, 1.807) is 0 Å². The molecule has 0 aliphatic carbocycles. The van der Waals surface area contributed by atoms with Gasteiger partial charge in [0.25, 0.3) is 0 Å². The van der Waals surface area contributed by atoms with E-state index < -0.39 is 11.8 Å². The van der Waals surface area contributed by atoms with E-state index in [1.807, 2.05) is 6.92 Å². The molecule has 5 nitrogen and oxygen atoms in total. The highest BCUT2D eigenvalue weighted by molar-refractivity contribution is 5.97. The molecule has 0 saturated carbocycles. The summed E-state index contributed by atoms with van der Waals surface area (Å²) in [5.74, 6) is -1.34. The van der Waals surface area contributed by atoms with Gasteiger partial charge in [0, 0.05) is 13.2 Å². The zero-order valence-corrected chi connectivity index (χ0v) is 11.0. The van der Waals surface area contributed by atoms with E-state index in [9.17, 15) is 14.0 Å². The van der Waals surface area contributed by atoms with Gasteiger partial charge in [-0.25, -0.2) is 9.18 Å². The number of hydrogen-bond acceptors (Lipinski definition) is 5. The predicted octanol–water partition coefficient (Wildman–Crippen LogP) is 1.87. The number of anilines is 1. The minimum atomic E-state index is -0.699. The van der Waals surface area contributed by atoms with Gasteiger partial charge in [0.15, 0.2) is 6.29 Å². The molecule has 0 bridgehead atoms. The lowest BCUT2D eigenvalue weighted by Gasteiger charge is -2.17. The highest BCUT2D eigenvalue weighted by Crippen LogP contribution is 2.22. The molecule has 1 aromatic rings. The molecule has 104 valence electrons. The fourth-order valence-electron chi connectivity index (χ4n) is 1.64. The molecule has 6 heteroatoms. The maximum Gasteiger partial charge on any atom is 0.339 e. The normalized spacial score (nSPS) is 11.8. The number of nitrogens with one attached hydrogen (secondary N) is 1. The molecule has 0 aliphatic rings. The Balaban J connectivity index is 3.16. The first kappa shape index (κ1) is 15.1. The van der Waals surface area contributed by atoms with Gasteiger partial charge in [-0.2, -0.15) is 0 Å². The smallest absolute Gasteiger partial charge is 0.339 e. The first-order chi connectivity index (χ1) is 9.03. The van der Waals surface area contributed by atoms with Crippen LogP contribution in [0.5, 0.6) is 0 Å². The zero-order chi connectivity index (χ0) is 14.4. The molecule has 0 unspecified atom stereocenters. The van der Waals surface area contributed by atoms with Crippen LogP contribution in [0.1, 0.15) is 27.6 Å². The number of benzene rings is 1. The summed E-state index contributed by atoms with van der Waals surface area (Å²) >= 11 is 0. The second-order valence-corrected chi connectivity index (χ2v) is 4.03. The van der Waals surface area contributed by atoms with Crippen molar-refractivity contribution >= 4 is 17.9 Å². The average Bonchev–Trinajstić information content (AvgIpc) is 2.38. The molecular formula is C13H16FNO4. The highest BCUT2D eigenvalue weighted by Gasteiger charge is 2.17. The Kier molecular flexibility index (Phi) is 5.44. The predicted molar refractivity (Wildman–Crippen MR) is 68.1 cm³/mol. The van der Waals surface area contributed by atoms with Gasteiger partial charge in [0.1, 0.15) is 5.82 Å². The number of ether oxygens (including phenoxy) is 2. The molecule has 0 amide bonds. The molecular weight excluding hydrogens is 253 g/mol. The Hall–Kier alpha value is -1.95. The number of hydrogen-bond donors (Lipinski definition) is 1. The largest absolute Gasteiger partial charge is 0.465 e. The first-order valence-electron chi connectivity index (χ1n) is 5.66. The average molecular weight is 269 g/mol. The van der Waals surface area contributed by atoms with E-state index in [2.05, 4.69) is 10.1 Å². The van der Waals surface area contributed by atoms with Crippen molar-refractivity contribution in [3.63, 3.8) is 0 Å². The minimum absolute atomic E-state index is 0.106. The molecule has 0 spiro atoms. The molecule has 1 aromatic carbocycles. The number of carbonyl (C=O) groups excluding carboxylic acids is 2. The van der Waals surface area contributed by atoms with Crippen molar-refractivity contribution in [2.24, 2.45) is 0 Å². The monoisotopic (exact) mass is 269 g/mol. The number of esters is 1. The lowest BCUT2D eigenvalue weighted by atomic mass is 10.1. The summed E-state index contributed by atoms with van der Waals surface area (Å²) in [5.41, 5.74) is 0.179. The van der Waals surface area contributed by atoms with Crippen molar-refractivity contribution in [3.05, 3.63) is 29.1 Å². The van der Waals surface area contributed by atoms with Crippen LogP contribution in [0.25, 0.3) is 0 Å². The molecule has 0 heterocycles. The molecule has 0 radical (unpaired) electrons. The molecule has 0 saturated heterocycles. The van der Waals surface area contributed by atoms with E-state index in [0.717, 1.165) is 12.1 Å². The van der Waals surface area contributed by atoms with Crippen LogP contribution in [0.4, 0.5) is 10.1 Å². The first-order valence-corrected chi connectivity index (χ1v) is 5.66. The second-order valence-electron chi connectivity index (χ2n) is 4.03. The Labute approximate surface area is 110 Å². The summed E-state index contributed by atoms with van der Waals surface area (Å²) in [4.78, 5) is 22.3. The second kappa shape index (κ2) is 6.84. The quantitative estimate of drug-likeness (QED) is 0.631. The van der Waals surface area contributed by atoms with E-state index >= 15 is 0 Å². The summed E-state index contributed by atoms with van der Waals surface area (Å²) in [7, 11) is 2.75. The Morgan fingerprint density at radius 2 is 2.16 bits per heavy atom. The van der Waals surface area contributed by atoms with Crippen molar-refractivity contribution in [3.8, 4) is 0 Å². The molecule has 1 atom stereocenters. The lowest BCUT2D eigenvalue weighted by Crippen LogP contribution is -2.22. The van der Waals surface area contributed by atoms with Crippen molar-refractivity contribution in [2.75, 3.05) is 26.1 Å². The van der Waals surface area contributed by atoms with E-state index in [4.69, 9.17) is 4.74 Å². The maximum absolute atomic E-state index is 13.6. The number of halogens is 1. The number of aldehydes is 1. The van der Waals surface area contributed by atoms with Gasteiger partial charge in [0.2, 0.25) is 0 Å². The summed E-state index contributed by atoms with van der Waals surface area (Å²) in [5, 5.41) is 2.94. The lowest BCUT2D eigenvalue weighted by molar-refractivity contribution is 0.0601. The van der Waals surface area contributed by atoms with Crippen LogP contribution >= 0.6 is 0 Å². The van der Waals surface area contributed by atoms with E-state index in [1.165, 1.54) is 14.2 Å². The molecule has 0 fully saturated rings. The third-order valence-electron chi connectivity index (χ3n) is 2.49. The fourth-order valence-corrected chi connectivity index (χ4v) is 1.64. The maximum atomic E-state index is 13.6. The molecule has 0 aliphatic heterocycles. The fraction of sp³-hybridized carbons (Fsp3) is 0.385. The highest BCUT2D eigenvalue weighted by atomic mass is 19.1. The Morgan fingerprint density at radius 1 is 1.47 bits per heavy atom. The number of carbonyl (C=O) groups is 2. The number of rotatable bonds is 6. The van der Waals surface area contributed by atoms with Crippen LogP contribution in [0.3, 0.4) is 0 Å². The van der Waals surface area contributed by atoms with Gasteiger partial charge in [-0.15, -0.1) is 0 Å². The van der Waals surface area contributed by atoms with E-state index in [0.29, 0.717) is 12.9 Å². The Morgan fingerprint density at radius 3 is 2.68 bits per heavy atom. The van der Waals surface area contributed by atoms with Crippen LogP contribution in [0.15, 0.2) is 12.1 Å². The summed E-state index contributed by atoms with van der Waals surface area (Å²) in [6.07, 6.45) is 0.351. The molecule has 1 N–H and O–H groups in total. The standard InChI is InChI=1S/C13H16FNO4/c1-8(7-18-2)15-12-5-11(14)9(6-16)4-10(12)13(17)19-3/h4-6,8,15H,7H2,1-3H3/t8-/m0/s1. The van der Waals surface area contributed by atoms with Crippen LogP contribution in [0.2, 0.25) is 0 Å². The van der Waals surface area contributed by atoms with Crippen molar-refractivity contribution in [1.82, 2.24) is 0 Å². The van der Waals surface area contributed by atoms with Crippen LogP contribution < -0.4 is 5.32 Å². The van der Waals surface area contributed by atoms with Crippen LogP contribution in [0, 0.1) is 5.82 Å². The van der Waals surface area contributed by atoms with Crippen molar-refractivity contribution < 1.29 is 23.5 Å². The third-order valence-corrected chi connectivity index (χ3v) is 2.49. The van der Waals surface area contributed by atoms with E-state index in [-0.39, 0.29) is 22.9 Å². The van der Waals surface area contributed by atoms with Gasteiger partial charge in [-0.1, -0.05) is 0 Å². The third kappa shape index (κ3) is 3.75. The van der Waals surface area contributed by atoms with Gasteiger partial charge in [-0.05, 0) is 19.1 Å². The topological polar surface area (TPSA) is 64.6 Å².